The molecule has 1 fully saturated rings. The minimum absolute atomic E-state index is 0.0737. The van der Waals surface area contributed by atoms with Gasteiger partial charge in [0.15, 0.2) is 0 Å². The Labute approximate surface area is 204 Å². The minimum Gasteiger partial charge on any atom is -0.481 e. The fourth-order valence-electron chi connectivity index (χ4n) is 4.84. The molecular weight excluding hydrogens is 466 g/mol. The highest BCUT2D eigenvalue weighted by molar-refractivity contribution is 7.93. The summed E-state index contributed by atoms with van der Waals surface area (Å²) in [5.74, 6) is -2.63. The number of likely N-dealkylation sites (tertiary alicyclic amines) is 1. The molecule has 3 atom stereocenters. The van der Waals surface area contributed by atoms with E-state index in [1.807, 2.05) is 12.1 Å². The Hall–Kier alpha value is -3.43. The van der Waals surface area contributed by atoms with Gasteiger partial charge in [-0.15, -0.1) is 0 Å². The highest BCUT2D eigenvalue weighted by Gasteiger charge is 2.52. The van der Waals surface area contributed by atoms with E-state index in [2.05, 4.69) is 0 Å². The van der Waals surface area contributed by atoms with Crippen molar-refractivity contribution in [3.8, 4) is 0 Å². The molecule has 0 radical (unpaired) electrons. The zero-order valence-electron chi connectivity index (χ0n) is 19.4. The van der Waals surface area contributed by atoms with Gasteiger partial charge in [-0.05, 0) is 60.4 Å². The largest absolute Gasteiger partial charge is 0.481 e. The lowest BCUT2D eigenvalue weighted by Gasteiger charge is -2.42. The van der Waals surface area contributed by atoms with Crippen molar-refractivity contribution in [2.45, 2.75) is 42.0 Å². The van der Waals surface area contributed by atoms with Crippen molar-refractivity contribution in [2.75, 3.05) is 12.3 Å². The molecule has 184 valence electrons. The van der Waals surface area contributed by atoms with Gasteiger partial charge in [0.05, 0.1) is 10.8 Å². The number of nitrogens with two attached hydrogens (primary N) is 2. The molecule has 3 aromatic rings. The Morgan fingerprint density at radius 3 is 2.46 bits per heavy atom. The molecule has 35 heavy (non-hydrogen) atoms. The molecule has 5 N–H and O–H groups in total. The SMILES string of the molecule is CC1C(C(=O)O)CCCN1C(=O)[C@@](N)(Cc1cccc(N)c1)S(=O)(=O)c1ccc2ccccc2c1. The molecule has 4 rings (SSSR count). The van der Waals surface area contributed by atoms with Crippen LogP contribution in [0.3, 0.4) is 0 Å². The number of carboxylic acid groups (broad SMARTS) is 1. The van der Waals surface area contributed by atoms with Crippen LogP contribution in [0.1, 0.15) is 25.3 Å². The molecule has 0 spiro atoms. The van der Waals surface area contributed by atoms with Crippen molar-refractivity contribution in [1.29, 1.82) is 0 Å². The Morgan fingerprint density at radius 2 is 1.77 bits per heavy atom. The Morgan fingerprint density at radius 1 is 1.06 bits per heavy atom. The number of carbonyl (C=O) groups excluding carboxylic acids is 1. The van der Waals surface area contributed by atoms with E-state index in [1.54, 1.807) is 49.4 Å². The van der Waals surface area contributed by atoms with Crippen molar-refractivity contribution in [3.63, 3.8) is 0 Å². The summed E-state index contributed by atoms with van der Waals surface area (Å²) >= 11 is 0. The number of aliphatic carboxylic acids is 1. The summed E-state index contributed by atoms with van der Waals surface area (Å²) in [6.45, 7) is 1.85. The van der Waals surface area contributed by atoms with Gasteiger partial charge < -0.3 is 21.5 Å². The molecule has 2 unspecified atom stereocenters. The average Bonchev–Trinajstić information content (AvgIpc) is 2.83. The van der Waals surface area contributed by atoms with Crippen LogP contribution < -0.4 is 11.5 Å². The summed E-state index contributed by atoms with van der Waals surface area (Å²) in [6, 6.07) is 17.8. The third kappa shape index (κ3) is 4.49. The number of sulfone groups is 1. The van der Waals surface area contributed by atoms with E-state index in [-0.39, 0.29) is 17.9 Å². The van der Waals surface area contributed by atoms with Gasteiger partial charge >= 0.3 is 5.97 Å². The number of carbonyl (C=O) groups is 2. The molecule has 1 aliphatic heterocycles. The Kier molecular flexibility index (Phi) is 6.57. The van der Waals surface area contributed by atoms with E-state index >= 15 is 0 Å². The Balaban J connectivity index is 1.83. The van der Waals surface area contributed by atoms with Crippen LogP contribution in [0.2, 0.25) is 0 Å². The first-order valence-corrected chi connectivity index (χ1v) is 12.9. The number of nitrogens with zero attached hydrogens (tertiary/aromatic N) is 1. The molecule has 0 bridgehead atoms. The standard InChI is InChI=1S/C26H29N3O5S/c1-17-23(24(30)31)10-5-13-29(17)25(32)26(28,16-18-6-4-9-21(27)14-18)35(33,34)22-12-11-19-7-2-3-8-20(19)15-22/h2-4,6-9,11-12,14-15,17,23H,5,10,13,16,27-28H2,1H3,(H,30,31)/t17?,23?,26-/m1/s1. The zero-order chi connectivity index (χ0) is 25.4. The van der Waals surface area contributed by atoms with Crippen LogP contribution in [-0.2, 0) is 25.8 Å². The fourth-order valence-corrected chi connectivity index (χ4v) is 6.49. The normalized spacial score (nSPS) is 20.3. The maximum Gasteiger partial charge on any atom is 0.308 e. The van der Waals surface area contributed by atoms with Gasteiger partial charge in [0.2, 0.25) is 14.7 Å². The van der Waals surface area contributed by atoms with E-state index < -0.39 is 38.5 Å². The molecular formula is C26H29N3O5S. The maximum absolute atomic E-state index is 14.1. The lowest BCUT2D eigenvalue weighted by Crippen LogP contribution is -2.64. The quantitative estimate of drug-likeness (QED) is 0.446. The van der Waals surface area contributed by atoms with Crippen LogP contribution in [0.5, 0.6) is 0 Å². The summed E-state index contributed by atoms with van der Waals surface area (Å²) < 4.78 is 28.1. The predicted molar refractivity (Wildman–Crippen MR) is 134 cm³/mol. The summed E-state index contributed by atoms with van der Waals surface area (Å²) in [7, 11) is -4.41. The number of piperidine rings is 1. The summed E-state index contributed by atoms with van der Waals surface area (Å²) in [4.78, 5) is 24.6. The minimum atomic E-state index is -4.41. The van der Waals surface area contributed by atoms with Crippen LogP contribution in [0, 0.1) is 5.92 Å². The van der Waals surface area contributed by atoms with Crippen molar-refractivity contribution in [3.05, 3.63) is 72.3 Å². The number of rotatable bonds is 6. The highest BCUT2D eigenvalue weighted by Crippen LogP contribution is 2.33. The number of fused-ring (bicyclic) bond motifs is 1. The van der Waals surface area contributed by atoms with E-state index in [4.69, 9.17) is 11.5 Å². The van der Waals surface area contributed by atoms with Crippen LogP contribution >= 0.6 is 0 Å². The van der Waals surface area contributed by atoms with Gasteiger partial charge in [0.1, 0.15) is 0 Å². The van der Waals surface area contributed by atoms with Crippen molar-refractivity contribution < 1.29 is 23.1 Å². The van der Waals surface area contributed by atoms with Gasteiger partial charge in [-0.25, -0.2) is 8.42 Å². The zero-order valence-corrected chi connectivity index (χ0v) is 20.2. The van der Waals surface area contributed by atoms with Gasteiger partial charge in [-0.1, -0.05) is 42.5 Å². The first-order chi connectivity index (χ1) is 16.5. The van der Waals surface area contributed by atoms with E-state index in [1.165, 1.54) is 17.0 Å². The molecule has 1 saturated heterocycles. The van der Waals surface area contributed by atoms with Gasteiger partial charge in [0.25, 0.3) is 5.91 Å². The topological polar surface area (TPSA) is 144 Å². The van der Waals surface area contributed by atoms with Crippen LogP contribution in [0.15, 0.2) is 71.6 Å². The van der Waals surface area contributed by atoms with E-state index in [0.29, 0.717) is 29.5 Å². The molecule has 8 nitrogen and oxygen atoms in total. The second kappa shape index (κ2) is 9.31. The maximum atomic E-state index is 14.1. The van der Waals surface area contributed by atoms with Crippen molar-refractivity contribution in [2.24, 2.45) is 11.7 Å². The molecule has 1 heterocycles. The smallest absolute Gasteiger partial charge is 0.308 e. The summed E-state index contributed by atoms with van der Waals surface area (Å²) in [5, 5.41) is 11.2. The monoisotopic (exact) mass is 495 g/mol. The molecule has 0 saturated carbocycles. The number of hydrogen-bond donors (Lipinski definition) is 3. The third-order valence-corrected chi connectivity index (χ3v) is 9.01. The Bertz CT molecular complexity index is 1390. The number of anilines is 1. The molecule has 1 aliphatic rings. The number of nitrogen functional groups attached to an aromatic ring is 1. The molecule has 1 amide bonds. The lowest BCUT2D eigenvalue weighted by atomic mass is 9.89. The predicted octanol–water partition coefficient (Wildman–Crippen LogP) is 2.81. The fraction of sp³-hybridized carbons (Fsp3) is 0.308. The summed E-state index contributed by atoms with van der Waals surface area (Å²) in [6.07, 6.45) is 0.537. The van der Waals surface area contributed by atoms with Gasteiger partial charge in [-0.3, -0.25) is 9.59 Å². The highest BCUT2D eigenvalue weighted by atomic mass is 32.2. The van der Waals surface area contributed by atoms with E-state index in [0.717, 1.165) is 5.39 Å². The van der Waals surface area contributed by atoms with Crippen LogP contribution in [0.25, 0.3) is 10.8 Å². The number of carboxylic acids is 1. The van der Waals surface area contributed by atoms with E-state index in [9.17, 15) is 23.1 Å². The summed E-state index contributed by atoms with van der Waals surface area (Å²) in [5.41, 5.74) is 13.4. The number of benzene rings is 3. The first kappa shape index (κ1) is 24.7. The van der Waals surface area contributed by atoms with Gasteiger partial charge in [-0.2, -0.15) is 0 Å². The van der Waals surface area contributed by atoms with Crippen molar-refractivity contribution >= 4 is 38.2 Å². The van der Waals surface area contributed by atoms with Crippen molar-refractivity contribution in [1.82, 2.24) is 4.90 Å². The number of hydrogen-bond acceptors (Lipinski definition) is 6. The second-order valence-electron chi connectivity index (χ2n) is 9.15. The third-order valence-electron chi connectivity index (χ3n) is 6.86. The first-order valence-electron chi connectivity index (χ1n) is 11.5. The molecule has 0 aromatic heterocycles. The van der Waals surface area contributed by atoms with Crippen LogP contribution in [-0.4, -0.2) is 47.8 Å². The molecule has 9 heteroatoms. The van der Waals surface area contributed by atoms with Gasteiger partial charge in [0, 0.05) is 24.7 Å². The molecule has 0 aliphatic carbocycles. The lowest BCUT2D eigenvalue weighted by molar-refractivity contribution is -0.150. The number of amides is 1. The van der Waals surface area contributed by atoms with Crippen LogP contribution in [0.4, 0.5) is 5.69 Å². The molecule has 3 aromatic carbocycles. The second-order valence-corrected chi connectivity index (χ2v) is 11.4. The average molecular weight is 496 g/mol.